The van der Waals surface area contributed by atoms with E-state index in [-0.39, 0.29) is 11.9 Å². The minimum Gasteiger partial charge on any atom is -0.381 e. The summed E-state index contributed by atoms with van der Waals surface area (Å²) in [7, 11) is 0. The van der Waals surface area contributed by atoms with Gasteiger partial charge in [0.2, 0.25) is 5.91 Å². The molecule has 4 heteroatoms. The summed E-state index contributed by atoms with van der Waals surface area (Å²) in [5, 5.41) is 0. The topological polar surface area (TPSA) is 55.6 Å². The summed E-state index contributed by atoms with van der Waals surface area (Å²) in [6.07, 6.45) is 2.54. The zero-order valence-corrected chi connectivity index (χ0v) is 13.3. The van der Waals surface area contributed by atoms with Crippen LogP contribution in [0.1, 0.15) is 37.7 Å². The van der Waals surface area contributed by atoms with E-state index in [4.69, 9.17) is 10.5 Å². The highest BCUT2D eigenvalue weighted by atomic mass is 16.5. The van der Waals surface area contributed by atoms with Gasteiger partial charge < -0.3 is 15.4 Å². The van der Waals surface area contributed by atoms with Gasteiger partial charge in [0.15, 0.2) is 0 Å². The van der Waals surface area contributed by atoms with Crippen LogP contribution in [0.2, 0.25) is 0 Å². The molecule has 0 aromatic heterocycles. The predicted molar refractivity (Wildman–Crippen MR) is 86.5 cm³/mol. The van der Waals surface area contributed by atoms with Crippen molar-refractivity contribution in [3.63, 3.8) is 0 Å². The summed E-state index contributed by atoms with van der Waals surface area (Å²) < 4.78 is 5.43. The van der Waals surface area contributed by atoms with E-state index in [0.29, 0.717) is 25.7 Å². The Morgan fingerprint density at radius 2 is 2.00 bits per heavy atom. The number of carbonyl (C=O) groups is 1. The van der Waals surface area contributed by atoms with Crippen LogP contribution in [0, 0.1) is 5.41 Å². The molecule has 120 valence electrons. The molecule has 2 saturated heterocycles. The third kappa shape index (κ3) is 2.77. The van der Waals surface area contributed by atoms with Gasteiger partial charge in [0.1, 0.15) is 0 Å². The molecule has 0 saturated carbocycles. The highest BCUT2D eigenvalue weighted by molar-refractivity contribution is 5.84. The molecule has 3 rings (SSSR count). The lowest BCUT2D eigenvalue weighted by atomic mass is 9.78. The van der Waals surface area contributed by atoms with Gasteiger partial charge in [-0.2, -0.15) is 0 Å². The SMILES string of the molecule is CC1CC(c2ccccc2)CN1C(=O)C1(CN)CCOCC1. The molecule has 2 atom stereocenters. The van der Waals surface area contributed by atoms with Crippen LogP contribution in [0.3, 0.4) is 0 Å². The van der Waals surface area contributed by atoms with E-state index in [2.05, 4.69) is 36.1 Å². The van der Waals surface area contributed by atoms with E-state index >= 15 is 0 Å². The third-order valence-corrected chi connectivity index (χ3v) is 5.40. The van der Waals surface area contributed by atoms with Crippen LogP contribution >= 0.6 is 0 Å². The van der Waals surface area contributed by atoms with Crippen LogP contribution in [0.4, 0.5) is 0 Å². The average molecular weight is 302 g/mol. The van der Waals surface area contributed by atoms with Crippen molar-refractivity contribution in [2.75, 3.05) is 26.3 Å². The lowest BCUT2D eigenvalue weighted by Gasteiger charge is -2.39. The average Bonchev–Trinajstić information content (AvgIpc) is 2.97. The van der Waals surface area contributed by atoms with Crippen molar-refractivity contribution >= 4 is 5.91 Å². The molecular weight excluding hydrogens is 276 g/mol. The molecule has 2 N–H and O–H groups in total. The van der Waals surface area contributed by atoms with E-state index in [0.717, 1.165) is 25.8 Å². The number of carbonyl (C=O) groups excluding carboxylic acids is 1. The fourth-order valence-electron chi connectivity index (χ4n) is 3.85. The molecule has 0 spiro atoms. The van der Waals surface area contributed by atoms with Gasteiger partial charge in [0, 0.05) is 38.3 Å². The maximum atomic E-state index is 13.1. The Morgan fingerprint density at radius 3 is 2.64 bits per heavy atom. The standard InChI is InChI=1S/C18H26N2O2/c1-14-11-16(15-5-3-2-4-6-15)12-20(14)17(21)18(13-19)7-9-22-10-8-18/h2-6,14,16H,7-13,19H2,1H3. The summed E-state index contributed by atoms with van der Waals surface area (Å²) in [5.41, 5.74) is 6.92. The first-order valence-corrected chi connectivity index (χ1v) is 8.30. The van der Waals surface area contributed by atoms with E-state index in [1.165, 1.54) is 5.56 Å². The number of ether oxygens (including phenoxy) is 1. The van der Waals surface area contributed by atoms with Crippen molar-refractivity contribution in [1.82, 2.24) is 4.90 Å². The minimum atomic E-state index is -0.405. The minimum absolute atomic E-state index is 0.240. The van der Waals surface area contributed by atoms with Gasteiger partial charge >= 0.3 is 0 Å². The zero-order chi connectivity index (χ0) is 15.6. The Labute approximate surface area is 132 Å². The van der Waals surface area contributed by atoms with Crippen LogP contribution in [0.5, 0.6) is 0 Å². The van der Waals surface area contributed by atoms with E-state index in [9.17, 15) is 4.79 Å². The molecule has 1 aromatic carbocycles. The van der Waals surface area contributed by atoms with E-state index in [1.807, 2.05) is 6.07 Å². The Morgan fingerprint density at radius 1 is 1.32 bits per heavy atom. The highest BCUT2D eigenvalue weighted by Crippen LogP contribution is 2.38. The first-order valence-electron chi connectivity index (χ1n) is 8.30. The molecule has 2 fully saturated rings. The predicted octanol–water partition coefficient (Wildman–Crippen LogP) is 2.15. The number of hydrogen-bond acceptors (Lipinski definition) is 3. The summed E-state index contributed by atoms with van der Waals surface area (Å²) in [4.78, 5) is 15.2. The quantitative estimate of drug-likeness (QED) is 0.931. The van der Waals surface area contributed by atoms with Crippen molar-refractivity contribution in [2.45, 2.75) is 38.1 Å². The number of nitrogens with zero attached hydrogens (tertiary/aromatic N) is 1. The fraction of sp³-hybridized carbons (Fsp3) is 0.611. The van der Waals surface area contributed by atoms with E-state index in [1.54, 1.807) is 0 Å². The van der Waals surface area contributed by atoms with E-state index < -0.39 is 5.41 Å². The second kappa shape index (κ2) is 6.39. The van der Waals surface area contributed by atoms with Crippen LogP contribution < -0.4 is 5.73 Å². The normalized spacial score (nSPS) is 27.8. The van der Waals surface area contributed by atoms with Gasteiger partial charge in [-0.15, -0.1) is 0 Å². The van der Waals surface area contributed by atoms with Crippen molar-refractivity contribution in [3.05, 3.63) is 35.9 Å². The van der Waals surface area contributed by atoms with Gasteiger partial charge in [0.25, 0.3) is 0 Å². The second-order valence-corrected chi connectivity index (χ2v) is 6.75. The van der Waals surface area contributed by atoms with Crippen LogP contribution in [0.15, 0.2) is 30.3 Å². The molecule has 22 heavy (non-hydrogen) atoms. The molecule has 1 aromatic rings. The van der Waals surface area contributed by atoms with Crippen molar-refractivity contribution in [3.8, 4) is 0 Å². The summed E-state index contributed by atoms with van der Waals surface area (Å²) in [5.74, 6) is 0.680. The summed E-state index contributed by atoms with van der Waals surface area (Å²) in [6.45, 7) is 4.69. The Kier molecular flexibility index (Phi) is 4.50. The third-order valence-electron chi connectivity index (χ3n) is 5.40. The van der Waals surface area contributed by atoms with Gasteiger partial charge in [-0.3, -0.25) is 4.79 Å². The van der Waals surface area contributed by atoms with Gasteiger partial charge in [-0.25, -0.2) is 0 Å². The molecule has 4 nitrogen and oxygen atoms in total. The number of rotatable bonds is 3. The van der Waals surface area contributed by atoms with Crippen molar-refractivity contribution < 1.29 is 9.53 Å². The molecule has 0 aliphatic carbocycles. The largest absolute Gasteiger partial charge is 0.381 e. The molecule has 1 amide bonds. The lowest BCUT2D eigenvalue weighted by Crippen LogP contribution is -2.51. The van der Waals surface area contributed by atoms with Gasteiger partial charge in [0.05, 0.1) is 5.41 Å². The van der Waals surface area contributed by atoms with Crippen LogP contribution in [-0.4, -0.2) is 43.2 Å². The molecule has 2 aliphatic rings. The van der Waals surface area contributed by atoms with Gasteiger partial charge in [-0.05, 0) is 31.7 Å². The summed E-state index contributed by atoms with van der Waals surface area (Å²) in [6, 6.07) is 10.8. The number of amides is 1. The fourth-order valence-corrected chi connectivity index (χ4v) is 3.85. The summed E-state index contributed by atoms with van der Waals surface area (Å²) >= 11 is 0. The molecule has 0 bridgehead atoms. The zero-order valence-electron chi connectivity index (χ0n) is 13.3. The monoisotopic (exact) mass is 302 g/mol. The molecule has 2 aliphatic heterocycles. The Hall–Kier alpha value is -1.39. The molecule has 2 unspecified atom stereocenters. The maximum absolute atomic E-state index is 13.1. The van der Waals surface area contributed by atoms with Gasteiger partial charge in [-0.1, -0.05) is 30.3 Å². The molecular formula is C18H26N2O2. The van der Waals surface area contributed by atoms with Crippen LogP contribution in [-0.2, 0) is 9.53 Å². The van der Waals surface area contributed by atoms with Crippen LogP contribution in [0.25, 0.3) is 0 Å². The Bertz CT molecular complexity index is 511. The number of hydrogen-bond donors (Lipinski definition) is 1. The van der Waals surface area contributed by atoms with Crippen molar-refractivity contribution in [2.24, 2.45) is 11.1 Å². The molecule has 2 heterocycles. The Balaban J connectivity index is 1.75. The first-order chi connectivity index (χ1) is 10.7. The van der Waals surface area contributed by atoms with Crippen molar-refractivity contribution in [1.29, 1.82) is 0 Å². The second-order valence-electron chi connectivity index (χ2n) is 6.75. The first kappa shape index (κ1) is 15.5. The lowest BCUT2D eigenvalue weighted by molar-refractivity contribution is -0.147. The molecule has 0 radical (unpaired) electrons. The number of benzene rings is 1. The smallest absolute Gasteiger partial charge is 0.230 e. The maximum Gasteiger partial charge on any atom is 0.230 e. The highest BCUT2D eigenvalue weighted by Gasteiger charge is 2.45. The number of likely N-dealkylation sites (tertiary alicyclic amines) is 1. The number of nitrogens with two attached hydrogens (primary N) is 1.